The molecule has 0 atom stereocenters. The Morgan fingerprint density at radius 3 is 2.34 bits per heavy atom. The number of unbranched alkanes of at least 4 members (excludes halogenated alkanes) is 2. The smallest absolute Gasteiger partial charge is 0.318 e. The zero-order valence-corrected chi connectivity index (χ0v) is 22.0. The average Bonchev–Trinajstić information content (AvgIpc) is 3.60. The molecule has 0 saturated heterocycles. The monoisotopic (exact) mass is 512 g/mol. The molecule has 5 aromatic rings. The number of hydrogen-bond donors (Lipinski definition) is 1. The van der Waals surface area contributed by atoms with Gasteiger partial charge in [-0.2, -0.15) is 0 Å². The van der Waals surface area contributed by atoms with Gasteiger partial charge in [0.2, 0.25) is 0 Å². The van der Waals surface area contributed by atoms with Crippen molar-refractivity contribution in [2.24, 2.45) is 7.05 Å². The van der Waals surface area contributed by atoms with Crippen molar-refractivity contribution >= 4 is 11.2 Å². The van der Waals surface area contributed by atoms with Crippen LogP contribution in [0.5, 0.6) is 0 Å². The van der Waals surface area contributed by atoms with Crippen molar-refractivity contribution in [2.75, 3.05) is 0 Å². The van der Waals surface area contributed by atoms with Gasteiger partial charge < -0.3 is 4.57 Å². The van der Waals surface area contributed by atoms with Crippen molar-refractivity contribution < 1.29 is 0 Å². The van der Waals surface area contributed by atoms with Crippen molar-refractivity contribution in [3.8, 4) is 22.5 Å². The van der Waals surface area contributed by atoms with Crippen molar-refractivity contribution in [1.29, 1.82) is 0 Å². The molecule has 0 amide bonds. The number of hydrogen-bond acceptors (Lipinski definition) is 6. The van der Waals surface area contributed by atoms with E-state index < -0.39 is 0 Å². The molecule has 10 heteroatoms. The molecule has 0 spiro atoms. The predicted molar refractivity (Wildman–Crippen MR) is 147 cm³/mol. The highest BCUT2D eigenvalue weighted by molar-refractivity contribution is 5.80. The Kier molecular flexibility index (Phi) is 7.30. The number of aromatic amines is 1. The van der Waals surface area contributed by atoms with E-state index in [0.717, 1.165) is 60.2 Å². The van der Waals surface area contributed by atoms with Gasteiger partial charge in [0.15, 0.2) is 17.0 Å². The molecule has 1 N–H and O–H groups in total. The molecule has 38 heavy (non-hydrogen) atoms. The van der Waals surface area contributed by atoms with Gasteiger partial charge in [-0.25, -0.2) is 14.9 Å². The maximum atomic E-state index is 13.3. The predicted octanol–water partition coefficient (Wildman–Crippen LogP) is 3.93. The van der Waals surface area contributed by atoms with E-state index in [0.29, 0.717) is 30.1 Å². The second kappa shape index (κ2) is 11.0. The molecular weight excluding hydrogens is 480 g/mol. The van der Waals surface area contributed by atoms with Gasteiger partial charge in [-0.05, 0) is 40.0 Å². The Labute approximate surface area is 220 Å². The fraction of sp³-hybridized carbons (Fsp3) is 0.357. The number of aryl methyl sites for hydroxylation is 2. The van der Waals surface area contributed by atoms with Gasteiger partial charge in [-0.1, -0.05) is 75.2 Å². The number of H-pyrrole nitrogens is 1. The summed E-state index contributed by atoms with van der Waals surface area (Å²) in [6, 6.07) is 16.2. The molecule has 3 aromatic heterocycles. The van der Waals surface area contributed by atoms with Crippen molar-refractivity contribution in [3.63, 3.8) is 0 Å². The molecule has 0 aliphatic rings. The van der Waals surface area contributed by atoms with Crippen molar-refractivity contribution in [1.82, 2.24) is 39.3 Å². The number of nitrogens with zero attached hydrogens (tertiary/aromatic N) is 7. The Bertz CT molecular complexity index is 1660. The van der Waals surface area contributed by atoms with Crippen LogP contribution in [0, 0.1) is 0 Å². The topological polar surface area (TPSA) is 116 Å². The molecule has 2 aromatic carbocycles. The van der Waals surface area contributed by atoms with E-state index in [-0.39, 0.29) is 11.2 Å². The third-order valence-corrected chi connectivity index (χ3v) is 6.89. The Balaban J connectivity index is 1.56. The summed E-state index contributed by atoms with van der Waals surface area (Å²) >= 11 is 0. The standard InChI is InChI=1S/C28H32N8O2/c1-4-6-7-12-23-29-26-24(27(37)34(3)28(38)35(26)17-5-2)36(23)18-19-13-15-20(16-14-19)21-10-8-9-11-22(21)25-30-32-33-31-25/h8-11,13-16H,4-7,12,17-18H2,1-3H3,(H,30,31,32,33). The molecule has 196 valence electrons. The molecule has 0 bridgehead atoms. The molecule has 0 unspecified atom stereocenters. The summed E-state index contributed by atoms with van der Waals surface area (Å²) in [6.45, 7) is 5.19. The largest absolute Gasteiger partial charge is 0.332 e. The number of nitrogens with one attached hydrogen (secondary N) is 1. The molecule has 0 aliphatic carbocycles. The number of aromatic nitrogens is 8. The van der Waals surface area contributed by atoms with Crippen LogP contribution in [0.2, 0.25) is 0 Å². The normalized spacial score (nSPS) is 11.4. The summed E-state index contributed by atoms with van der Waals surface area (Å²) in [5.41, 5.74) is 4.35. The second-order valence-corrected chi connectivity index (χ2v) is 9.53. The van der Waals surface area contributed by atoms with Gasteiger partial charge in [0.05, 0.1) is 0 Å². The molecule has 0 fully saturated rings. The first-order valence-corrected chi connectivity index (χ1v) is 13.1. The maximum absolute atomic E-state index is 13.3. The fourth-order valence-corrected chi connectivity index (χ4v) is 4.91. The molecule has 5 rings (SSSR count). The minimum Gasteiger partial charge on any atom is -0.318 e. The summed E-state index contributed by atoms with van der Waals surface area (Å²) in [5, 5.41) is 14.3. The number of rotatable bonds is 10. The number of tetrazole rings is 1. The summed E-state index contributed by atoms with van der Waals surface area (Å²) in [5.74, 6) is 1.45. The third-order valence-electron chi connectivity index (χ3n) is 6.89. The highest BCUT2D eigenvalue weighted by Crippen LogP contribution is 2.30. The van der Waals surface area contributed by atoms with Crippen LogP contribution < -0.4 is 11.2 Å². The van der Waals surface area contributed by atoms with Crippen molar-refractivity contribution in [3.05, 3.63) is 80.8 Å². The zero-order valence-electron chi connectivity index (χ0n) is 22.0. The molecular formula is C28H32N8O2. The molecule has 0 saturated carbocycles. The maximum Gasteiger partial charge on any atom is 0.332 e. The quantitative estimate of drug-likeness (QED) is 0.283. The van der Waals surface area contributed by atoms with Crippen LogP contribution in [0.4, 0.5) is 0 Å². The Morgan fingerprint density at radius 1 is 0.895 bits per heavy atom. The first kappa shape index (κ1) is 25.3. The van der Waals surface area contributed by atoms with Gasteiger partial charge in [0.25, 0.3) is 5.56 Å². The van der Waals surface area contributed by atoms with E-state index in [9.17, 15) is 9.59 Å². The molecule has 10 nitrogen and oxygen atoms in total. The summed E-state index contributed by atoms with van der Waals surface area (Å²) in [6.07, 6.45) is 4.68. The first-order chi connectivity index (χ1) is 18.5. The SMILES string of the molecule is CCCCCc1nc2c(c(=O)n(C)c(=O)n2CCC)n1Cc1ccc(-c2ccccc2-c2nnn[nH]2)cc1. The first-order valence-electron chi connectivity index (χ1n) is 13.1. The average molecular weight is 513 g/mol. The number of fused-ring (bicyclic) bond motifs is 1. The van der Waals surface area contributed by atoms with Gasteiger partial charge in [0.1, 0.15) is 5.82 Å². The van der Waals surface area contributed by atoms with Crippen LogP contribution in [-0.4, -0.2) is 39.3 Å². The summed E-state index contributed by atoms with van der Waals surface area (Å²) in [7, 11) is 1.54. The van der Waals surface area contributed by atoms with Gasteiger partial charge in [-0.3, -0.25) is 13.9 Å². The van der Waals surface area contributed by atoms with E-state index >= 15 is 0 Å². The lowest BCUT2D eigenvalue weighted by molar-refractivity contribution is 0.609. The van der Waals surface area contributed by atoms with Gasteiger partial charge >= 0.3 is 5.69 Å². The van der Waals surface area contributed by atoms with Crippen LogP contribution in [0.25, 0.3) is 33.7 Å². The van der Waals surface area contributed by atoms with Crippen LogP contribution >= 0.6 is 0 Å². The van der Waals surface area contributed by atoms with E-state index in [1.165, 1.54) is 4.57 Å². The third kappa shape index (κ3) is 4.69. The van der Waals surface area contributed by atoms with E-state index in [2.05, 4.69) is 51.8 Å². The van der Waals surface area contributed by atoms with Crippen LogP contribution in [0.3, 0.4) is 0 Å². The highest BCUT2D eigenvalue weighted by atomic mass is 16.2. The molecule has 0 radical (unpaired) electrons. The lowest BCUT2D eigenvalue weighted by atomic mass is 9.98. The fourth-order valence-electron chi connectivity index (χ4n) is 4.91. The van der Waals surface area contributed by atoms with Gasteiger partial charge in [0, 0.05) is 32.1 Å². The minimum absolute atomic E-state index is 0.308. The zero-order chi connectivity index (χ0) is 26.6. The Morgan fingerprint density at radius 2 is 1.66 bits per heavy atom. The summed E-state index contributed by atoms with van der Waals surface area (Å²) < 4.78 is 4.83. The van der Waals surface area contributed by atoms with Crippen LogP contribution in [0.15, 0.2) is 58.1 Å². The summed E-state index contributed by atoms with van der Waals surface area (Å²) in [4.78, 5) is 31.1. The van der Waals surface area contributed by atoms with Gasteiger partial charge in [-0.15, -0.1) is 5.10 Å². The number of benzene rings is 2. The van der Waals surface area contributed by atoms with Crippen LogP contribution in [-0.2, 0) is 26.6 Å². The van der Waals surface area contributed by atoms with E-state index in [1.54, 1.807) is 11.6 Å². The van der Waals surface area contributed by atoms with Crippen LogP contribution in [0.1, 0.15) is 50.9 Å². The Hall–Kier alpha value is -4.34. The lowest BCUT2D eigenvalue weighted by Gasteiger charge is -2.12. The van der Waals surface area contributed by atoms with Crippen molar-refractivity contribution in [2.45, 2.75) is 59.0 Å². The number of imidazole rings is 1. The second-order valence-electron chi connectivity index (χ2n) is 9.53. The highest BCUT2D eigenvalue weighted by Gasteiger charge is 2.20. The molecule has 0 aliphatic heterocycles. The van der Waals surface area contributed by atoms with E-state index in [4.69, 9.17) is 4.98 Å². The minimum atomic E-state index is -0.320. The van der Waals surface area contributed by atoms with E-state index in [1.807, 2.05) is 35.8 Å². The molecule has 3 heterocycles. The lowest BCUT2D eigenvalue weighted by Crippen LogP contribution is -2.38.